The van der Waals surface area contributed by atoms with E-state index >= 15 is 0 Å². The molecule has 7 rings (SSSR count). The van der Waals surface area contributed by atoms with Crippen LogP contribution in [0.5, 0.6) is 5.75 Å². The van der Waals surface area contributed by atoms with E-state index in [-0.39, 0.29) is 30.6 Å². The SMILES string of the molecule is CCn1c(-c2cc3cccc4c3n2C(C)CN4CCCO)nc2cc(C(=O)N3C[C@H]4CC[C@@H]3[C@@H]4N)cc(OC)c21. The van der Waals surface area contributed by atoms with Gasteiger partial charge in [-0.2, -0.15) is 0 Å². The molecule has 1 amide bonds. The summed E-state index contributed by atoms with van der Waals surface area (Å²) in [6.07, 6.45) is 2.83. The molecule has 1 unspecified atom stereocenters. The fourth-order valence-electron chi connectivity index (χ4n) is 7.58. The molecule has 4 atom stereocenters. The fraction of sp³-hybridized carbons (Fsp3) is 0.484. The Labute approximate surface area is 234 Å². The van der Waals surface area contributed by atoms with Crippen molar-refractivity contribution in [3.8, 4) is 17.3 Å². The number of aliphatic hydroxyl groups excluding tert-OH is 1. The number of likely N-dealkylation sites (tertiary alicyclic amines) is 1. The van der Waals surface area contributed by atoms with Crippen molar-refractivity contribution in [3.05, 3.63) is 42.0 Å². The average molecular weight is 543 g/mol. The Morgan fingerprint density at radius 2 is 2.02 bits per heavy atom. The Morgan fingerprint density at radius 3 is 2.73 bits per heavy atom. The van der Waals surface area contributed by atoms with Gasteiger partial charge in [0.25, 0.3) is 5.91 Å². The van der Waals surface area contributed by atoms with Crippen LogP contribution in [0.25, 0.3) is 33.5 Å². The molecule has 210 valence electrons. The molecule has 1 saturated carbocycles. The summed E-state index contributed by atoms with van der Waals surface area (Å²) in [7, 11) is 1.66. The average Bonchev–Trinajstić information content (AvgIpc) is 3.72. The van der Waals surface area contributed by atoms with E-state index in [9.17, 15) is 9.90 Å². The maximum atomic E-state index is 13.7. The number of imidazole rings is 1. The van der Waals surface area contributed by atoms with E-state index in [2.05, 4.69) is 52.1 Å². The monoisotopic (exact) mass is 542 g/mol. The van der Waals surface area contributed by atoms with Gasteiger partial charge in [0, 0.05) is 61.9 Å². The van der Waals surface area contributed by atoms with Crippen molar-refractivity contribution in [1.82, 2.24) is 19.0 Å². The largest absolute Gasteiger partial charge is 0.494 e. The molecule has 2 aliphatic heterocycles. The van der Waals surface area contributed by atoms with Crippen LogP contribution >= 0.6 is 0 Å². The molecule has 1 aliphatic carbocycles. The first-order valence-corrected chi connectivity index (χ1v) is 14.6. The maximum Gasteiger partial charge on any atom is 0.254 e. The van der Waals surface area contributed by atoms with Gasteiger partial charge in [-0.3, -0.25) is 4.79 Å². The summed E-state index contributed by atoms with van der Waals surface area (Å²) in [6.45, 7) is 7.69. The summed E-state index contributed by atoms with van der Waals surface area (Å²) in [5.41, 5.74) is 12.1. The first-order chi connectivity index (χ1) is 19.4. The van der Waals surface area contributed by atoms with Crippen LogP contribution < -0.4 is 15.4 Å². The number of carbonyl (C=O) groups excluding carboxylic acids is 1. The lowest BCUT2D eigenvalue weighted by atomic mass is 10.1. The van der Waals surface area contributed by atoms with E-state index in [0.29, 0.717) is 23.8 Å². The molecule has 4 aromatic rings. The van der Waals surface area contributed by atoms with Crippen molar-refractivity contribution in [2.24, 2.45) is 11.7 Å². The summed E-state index contributed by atoms with van der Waals surface area (Å²) >= 11 is 0. The Balaban J connectivity index is 1.36. The number of amides is 1. The number of hydrogen-bond donors (Lipinski definition) is 2. The van der Waals surface area contributed by atoms with Gasteiger partial charge in [-0.1, -0.05) is 12.1 Å². The second-order valence-corrected chi connectivity index (χ2v) is 11.7. The van der Waals surface area contributed by atoms with E-state index in [0.717, 1.165) is 61.4 Å². The quantitative estimate of drug-likeness (QED) is 0.366. The number of hydrogen-bond acceptors (Lipinski definition) is 6. The van der Waals surface area contributed by atoms with Crippen LogP contribution in [-0.4, -0.2) is 75.5 Å². The first kappa shape index (κ1) is 25.4. The minimum atomic E-state index is 0.0141. The Hall–Kier alpha value is -3.56. The number of ether oxygens (including phenoxy) is 1. The van der Waals surface area contributed by atoms with Crippen LogP contribution in [0, 0.1) is 5.92 Å². The third-order valence-corrected chi connectivity index (χ3v) is 9.42. The van der Waals surface area contributed by atoms with E-state index in [1.54, 1.807) is 7.11 Å². The van der Waals surface area contributed by atoms with E-state index in [4.69, 9.17) is 15.5 Å². The molecule has 2 aromatic heterocycles. The lowest BCUT2D eigenvalue weighted by Gasteiger charge is -2.35. The highest BCUT2D eigenvalue weighted by molar-refractivity contribution is 6.01. The topological polar surface area (TPSA) is 102 Å². The molecule has 3 N–H and O–H groups in total. The Morgan fingerprint density at radius 1 is 1.18 bits per heavy atom. The molecule has 40 heavy (non-hydrogen) atoms. The molecule has 2 fully saturated rings. The zero-order valence-corrected chi connectivity index (χ0v) is 23.5. The fourth-order valence-corrected chi connectivity index (χ4v) is 7.58. The van der Waals surface area contributed by atoms with Gasteiger partial charge in [0.05, 0.1) is 29.5 Å². The van der Waals surface area contributed by atoms with Gasteiger partial charge in [-0.05, 0) is 63.3 Å². The number of piperidine rings is 1. The normalized spacial score (nSPS) is 23.6. The van der Waals surface area contributed by atoms with Gasteiger partial charge in [0.2, 0.25) is 0 Å². The van der Waals surface area contributed by atoms with Crippen LogP contribution in [0.4, 0.5) is 5.69 Å². The smallest absolute Gasteiger partial charge is 0.254 e. The third kappa shape index (κ3) is 3.60. The zero-order valence-electron chi connectivity index (χ0n) is 23.5. The zero-order chi connectivity index (χ0) is 27.7. The molecule has 1 saturated heterocycles. The molecule has 3 aliphatic rings. The van der Waals surface area contributed by atoms with Gasteiger partial charge in [-0.15, -0.1) is 0 Å². The molecular weight excluding hydrogens is 504 g/mol. The van der Waals surface area contributed by atoms with Crippen molar-refractivity contribution in [2.75, 3.05) is 38.3 Å². The highest BCUT2D eigenvalue weighted by atomic mass is 16.5. The van der Waals surface area contributed by atoms with E-state index in [1.807, 2.05) is 17.0 Å². The first-order valence-electron chi connectivity index (χ1n) is 14.6. The van der Waals surface area contributed by atoms with E-state index < -0.39 is 0 Å². The number of aromatic nitrogens is 3. The van der Waals surface area contributed by atoms with Crippen LogP contribution in [0.2, 0.25) is 0 Å². The number of aliphatic hydroxyl groups is 1. The lowest BCUT2D eigenvalue weighted by molar-refractivity contribution is 0.0700. The van der Waals surface area contributed by atoms with Gasteiger partial charge in [0.15, 0.2) is 5.82 Å². The summed E-state index contributed by atoms with van der Waals surface area (Å²) in [4.78, 5) is 23.2. The minimum absolute atomic E-state index is 0.0141. The standard InChI is InChI=1S/C31H38N6O3/c1-4-35-29-22(13-21(15-26(29)40-3)31(39)36-17-20-9-10-23(36)27(20)32)33-30(35)25-14-19-7-5-8-24-28(19)37(25)18(2)16-34(24)11-6-12-38/h5,7-8,13-15,18,20,23,27,38H,4,6,9-12,16-17,32H2,1-3H3/t18?,20-,23-,27-/m1/s1. The highest BCUT2D eigenvalue weighted by Gasteiger charge is 2.47. The molecule has 2 aromatic carbocycles. The lowest BCUT2D eigenvalue weighted by Crippen LogP contribution is -2.41. The second-order valence-electron chi connectivity index (χ2n) is 11.7. The molecule has 9 nitrogen and oxygen atoms in total. The van der Waals surface area contributed by atoms with Gasteiger partial charge >= 0.3 is 0 Å². The van der Waals surface area contributed by atoms with Crippen LogP contribution in [0.15, 0.2) is 36.4 Å². The molecular formula is C31H38N6O3. The maximum absolute atomic E-state index is 13.7. The van der Waals surface area contributed by atoms with Gasteiger partial charge < -0.3 is 34.5 Å². The molecule has 9 heteroatoms. The number of carbonyl (C=O) groups is 1. The number of nitrogens with zero attached hydrogens (tertiary/aromatic N) is 5. The van der Waals surface area contributed by atoms with Crippen LogP contribution in [-0.2, 0) is 6.54 Å². The molecule has 0 spiro atoms. The molecule has 2 bridgehead atoms. The number of aryl methyl sites for hydroxylation is 1. The highest BCUT2D eigenvalue weighted by Crippen LogP contribution is 2.43. The van der Waals surface area contributed by atoms with Crippen LogP contribution in [0.3, 0.4) is 0 Å². The minimum Gasteiger partial charge on any atom is -0.494 e. The number of anilines is 1. The van der Waals surface area contributed by atoms with E-state index in [1.165, 1.54) is 16.6 Å². The number of fused-ring (bicyclic) bond motifs is 3. The number of benzene rings is 2. The van der Waals surface area contributed by atoms with Crippen molar-refractivity contribution >= 4 is 33.5 Å². The summed E-state index contributed by atoms with van der Waals surface area (Å²) in [5, 5.41) is 10.6. The predicted octanol–water partition coefficient (Wildman–Crippen LogP) is 4.01. The van der Waals surface area contributed by atoms with Crippen LogP contribution in [0.1, 0.15) is 49.5 Å². The Bertz CT molecular complexity index is 1620. The van der Waals surface area contributed by atoms with Gasteiger partial charge in [0.1, 0.15) is 11.3 Å². The summed E-state index contributed by atoms with van der Waals surface area (Å²) < 4.78 is 10.5. The third-order valence-electron chi connectivity index (χ3n) is 9.42. The molecule has 0 radical (unpaired) electrons. The summed E-state index contributed by atoms with van der Waals surface area (Å²) in [5.74, 6) is 1.95. The number of rotatable bonds is 7. The van der Waals surface area contributed by atoms with Crippen molar-refractivity contribution in [1.29, 1.82) is 0 Å². The predicted molar refractivity (Wildman–Crippen MR) is 157 cm³/mol. The van der Waals surface area contributed by atoms with Crippen molar-refractivity contribution in [3.63, 3.8) is 0 Å². The second kappa shape index (κ2) is 9.52. The van der Waals surface area contributed by atoms with Crippen molar-refractivity contribution in [2.45, 2.75) is 57.8 Å². The summed E-state index contributed by atoms with van der Waals surface area (Å²) in [6, 6.07) is 12.9. The van der Waals surface area contributed by atoms with Crippen molar-refractivity contribution < 1.29 is 14.6 Å². The van der Waals surface area contributed by atoms with Gasteiger partial charge in [-0.25, -0.2) is 4.98 Å². The molecule has 4 heterocycles. The Kier molecular flexibility index (Phi) is 6.05. The number of methoxy groups -OCH3 is 1. The number of para-hydroxylation sites is 1. The number of nitrogens with two attached hydrogens (primary N) is 1.